The van der Waals surface area contributed by atoms with Crippen molar-refractivity contribution in [2.45, 2.75) is 45.8 Å². The molecule has 1 aromatic rings. The van der Waals surface area contributed by atoms with Crippen LogP contribution in [0, 0.1) is 5.41 Å². The molecule has 0 aliphatic heterocycles. The molecule has 0 amide bonds. The van der Waals surface area contributed by atoms with Gasteiger partial charge in [-0.05, 0) is 42.9 Å². The molecule has 0 saturated carbocycles. The number of rotatable bonds is 7. The van der Waals surface area contributed by atoms with E-state index in [2.05, 4.69) is 19.2 Å². The maximum Gasteiger partial charge on any atom is 0.416 e. The smallest absolute Gasteiger partial charge is 0.396 e. The van der Waals surface area contributed by atoms with Crippen LogP contribution in [-0.2, 0) is 6.18 Å². The lowest BCUT2D eigenvalue weighted by Crippen LogP contribution is -2.31. The Morgan fingerprint density at radius 3 is 2.19 bits per heavy atom. The van der Waals surface area contributed by atoms with Crippen molar-refractivity contribution in [3.05, 3.63) is 35.4 Å². The summed E-state index contributed by atoms with van der Waals surface area (Å²) >= 11 is 0. The first-order chi connectivity index (χ1) is 9.65. The Morgan fingerprint density at radius 1 is 1.14 bits per heavy atom. The summed E-state index contributed by atoms with van der Waals surface area (Å²) in [6.07, 6.45) is -2.64. The Kier molecular flexibility index (Phi) is 6.23. The summed E-state index contributed by atoms with van der Waals surface area (Å²) in [4.78, 5) is 0. The van der Waals surface area contributed by atoms with Crippen molar-refractivity contribution in [2.75, 3.05) is 13.2 Å². The van der Waals surface area contributed by atoms with E-state index in [4.69, 9.17) is 5.11 Å². The summed E-state index contributed by atoms with van der Waals surface area (Å²) in [5.41, 5.74) is 0.255. The first-order valence-electron chi connectivity index (χ1n) is 7.17. The molecule has 120 valence electrons. The normalized spacial score (nSPS) is 14.2. The van der Waals surface area contributed by atoms with Crippen molar-refractivity contribution in [2.24, 2.45) is 5.41 Å². The maximum atomic E-state index is 12.5. The van der Waals surface area contributed by atoms with E-state index in [0.29, 0.717) is 0 Å². The lowest BCUT2D eigenvalue weighted by Gasteiger charge is -2.27. The molecule has 5 heteroatoms. The van der Waals surface area contributed by atoms with E-state index < -0.39 is 11.7 Å². The number of aliphatic hydroxyl groups excluding tert-OH is 1. The third-order valence-corrected chi connectivity index (χ3v) is 3.64. The molecule has 0 spiro atoms. The summed E-state index contributed by atoms with van der Waals surface area (Å²) in [6, 6.07) is 5.25. The third kappa shape index (κ3) is 6.06. The second-order valence-electron chi connectivity index (χ2n) is 6.21. The van der Waals surface area contributed by atoms with Gasteiger partial charge in [0.15, 0.2) is 0 Å². The predicted octanol–water partition coefficient (Wildman–Crippen LogP) is 4.15. The van der Waals surface area contributed by atoms with Gasteiger partial charge in [0.1, 0.15) is 0 Å². The molecule has 2 N–H and O–H groups in total. The molecule has 0 aromatic heterocycles. The van der Waals surface area contributed by atoms with Gasteiger partial charge in [-0.1, -0.05) is 26.0 Å². The molecule has 0 aliphatic rings. The lowest BCUT2D eigenvalue weighted by molar-refractivity contribution is -0.137. The van der Waals surface area contributed by atoms with Crippen molar-refractivity contribution < 1.29 is 18.3 Å². The van der Waals surface area contributed by atoms with Crippen LogP contribution in [0.4, 0.5) is 13.2 Å². The second-order valence-corrected chi connectivity index (χ2v) is 6.21. The van der Waals surface area contributed by atoms with E-state index in [1.165, 1.54) is 12.1 Å². The second kappa shape index (κ2) is 7.27. The number of alkyl halides is 3. The van der Waals surface area contributed by atoms with Gasteiger partial charge in [-0.15, -0.1) is 0 Å². The third-order valence-electron chi connectivity index (χ3n) is 3.64. The molecule has 2 nitrogen and oxygen atoms in total. The van der Waals surface area contributed by atoms with E-state index in [1.807, 2.05) is 6.92 Å². The highest BCUT2D eigenvalue weighted by Crippen LogP contribution is 2.30. The first kappa shape index (κ1) is 18.0. The van der Waals surface area contributed by atoms with Gasteiger partial charge in [-0.25, -0.2) is 0 Å². The summed E-state index contributed by atoms with van der Waals surface area (Å²) in [6.45, 7) is 7.07. The Hall–Kier alpha value is -1.07. The molecule has 1 aromatic carbocycles. The summed E-state index contributed by atoms with van der Waals surface area (Å²) in [5, 5.41) is 12.2. The summed E-state index contributed by atoms with van der Waals surface area (Å²) < 4.78 is 37.5. The predicted molar refractivity (Wildman–Crippen MR) is 78.0 cm³/mol. The van der Waals surface area contributed by atoms with Crippen molar-refractivity contribution in [1.82, 2.24) is 5.32 Å². The molecular formula is C16H24F3NO. The fourth-order valence-corrected chi connectivity index (χ4v) is 2.15. The number of nitrogens with one attached hydrogen (secondary N) is 1. The highest BCUT2D eigenvalue weighted by Gasteiger charge is 2.30. The number of hydrogen-bond donors (Lipinski definition) is 2. The number of aliphatic hydroxyl groups is 1. The Labute approximate surface area is 124 Å². The van der Waals surface area contributed by atoms with Crippen molar-refractivity contribution >= 4 is 0 Å². The minimum absolute atomic E-state index is 0.0133. The van der Waals surface area contributed by atoms with Crippen LogP contribution in [0.5, 0.6) is 0 Å². The Bertz CT molecular complexity index is 426. The van der Waals surface area contributed by atoms with E-state index in [9.17, 15) is 13.2 Å². The number of benzene rings is 1. The highest BCUT2D eigenvalue weighted by molar-refractivity contribution is 5.26. The highest BCUT2D eigenvalue weighted by atomic mass is 19.4. The van der Waals surface area contributed by atoms with Crippen LogP contribution in [0.15, 0.2) is 24.3 Å². The van der Waals surface area contributed by atoms with Gasteiger partial charge in [-0.3, -0.25) is 0 Å². The van der Waals surface area contributed by atoms with Crippen LogP contribution in [-0.4, -0.2) is 18.3 Å². The molecule has 21 heavy (non-hydrogen) atoms. The topological polar surface area (TPSA) is 32.3 Å². The fourth-order valence-electron chi connectivity index (χ4n) is 2.15. The minimum atomic E-state index is -4.29. The van der Waals surface area contributed by atoms with Gasteiger partial charge in [0, 0.05) is 19.2 Å². The van der Waals surface area contributed by atoms with Crippen molar-refractivity contribution in [3.63, 3.8) is 0 Å². The molecular weight excluding hydrogens is 279 g/mol. The summed E-state index contributed by atoms with van der Waals surface area (Å²) in [5.74, 6) is 0. The van der Waals surface area contributed by atoms with Crippen molar-refractivity contribution in [3.8, 4) is 0 Å². The molecule has 0 aliphatic carbocycles. The Morgan fingerprint density at radius 2 is 1.71 bits per heavy atom. The number of hydrogen-bond acceptors (Lipinski definition) is 2. The van der Waals surface area contributed by atoms with Gasteiger partial charge in [-0.2, -0.15) is 13.2 Å². The molecule has 0 fully saturated rings. The van der Waals surface area contributed by atoms with E-state index in [0.717, 1.165) is 37.1 Å². The SMILES string of the molecule is CC(NCC(C)(C)CCCO)c1ccc(C(F)(F)F)cc1. The molecule has 1 unspecified atom stereocenters. The standard InChI is InChI=1S/C16H24F3NO/c1-12(20-11-15(2,3)9-4-10-21)13-5-7-14(8-6-13)16(17,18)19/h5-8,12,20-21H,4,9-11H2,1-3H3. The van der Waals surface area contributed by atoms with E-state index in [-0.39, 0.29) is 18.1 Å². The van der Waals surface area contributed by atoms with E-state index >= 15 is 0 Å². The molecule has 0 bridgehead atoms. The largest absolute Gasteiger partial charge is 0.416 e. The quantitative estimate of drug-likeness (QED) is 0.793. The van der Waals surface area contributed by atoms with Crippen molar-refractivity contribution in [1.29, 1.82) is 0 Å². The summed E-state index contributed by atoms with van der Waals surface area (Å²) in [7, 11) is 0. The average Bonchev–Trinajstić information content (AvgIpc) is 2.42. The monoisotopic (exact) mass is 303 g/mol. The molecule has 1 atom stereocenters. The van der Waals surface area contributed by atoms with Crippen LogP contribution in [0.25, 0.3) is 0 Å². The molecule has 0 heterocycles. The number of halogens is 3. The molecule has 1 rings (SSSR count). The average molecular weight is 303 g/mol. The van der Waals surface area contributed by atoms with E-state index in [1.54, 1.807) is 0 Å². The zero-order valence-electron chi connectivity index (χ0n) is 12.8. The van der Waals surface area contributed by atoms with Crippen LogP contribution < -0.4 is 5.32 Å². The zero-order valence-corrected chi connectivity index (χ0v) is 12.8. The lowest BCUT2D eigenvalue weighted by atomic mass is 9.87. The first-order valence-corrected chi connectivity index (χ1v) is 7.17. The Balaban J connectivity index is 2.58. The van der Waals surface area contributed by atoms with Crippen LogP contribution in [0.2, 0.25) is 0 Å². The van der Waals surface area contributed by atoms with Crippen LogP contribution in [0.3, 0.4) is 0 Å². The zero-order chi connectivity index (χ0) is 16.1. The molecule has 0 saturated heterocycles. The van der Waals surface area contributed by atoms with Gasteiger partial charge in [0.05, 0.1) is 5.56 Å². The van der Waals surface area contributed by atoms with Gasteiger partial charge in [0.25, 0.3) is 0 Å². The van der Waals surface area contributed by atoms with Crippen LogP contribution in [0.1, 0.15) is 50.8 Å². The van der Waals surface area contributed by atoms with Crippen LogP contribution >= 0.6 is 0 Å². The van der Waals surface area contributed by atoms with Gasteiger partial charge in [0.2, 0.25) is 0 Å². The van der Waals surface area contributed by atoms with Gasteiger partial charge < -0.3 is 10.4 Å². The minimum Gasteiger partial charge on any atom is -0.396 e. The fraction of sp³-hybridized carbons (Fsp3) is 0.625. The maximum absolute atomic E-state index is 12.5. The molecule has 0 radical (unpaired) electrons. The van der Waals surface area contributed by atoms with Gasteiger partial charge >= 0.3 is 6.18 Å².